The quantitative estimate of drug-likeness (QED) is 0.197. The van der Waals surface area contributed by atoms with E-state index in [-0.39, 0.29) is 35.7 Å². The summed E-state index contributed by atoms with van der Waals surface area (Å²) in [5.74, 6) is -1.25. The monoisotopic (exact) mass is 526 g/mol. The van der Waals surface area contributed by atoms with Crippen LogP contribution < -0.4 is 16.0 Å². The highest BCUT2D eigenvalue weighted by Crippen LogP contribution is 2.39. The van der Waals surface area contributed by atoms with Crippen molar-refractivity contribution >= 4 is 30.0 Å². The number of hydrogen-bond acceptors (Lipinski definition) is 8. The molecule has 3 amide bonds. The number of alkyl carbamates (subject to hydrolysis) is 2. The van der Waals surface area contributed by atoms with Crippen molar-refractivity contribution in [2.45, 2.75) is 111 Å². The number of nitrogens with one attached hydrogen (secondary N) is 3. The van der Waals surface area contributed by atoms with Crippen LogP contribution in [-0.2, 0) is 23.8 Å². The lowest BCUT2D eigenvalue weighted by Gasteiger charge is -2.33. The molecular weight excluding hydrogens is 480 g/mol. The average Bonchev–Trinajstić information content (AvgIpc) is 3.13. The van der Waals surface area contributed by atoms with Gasteiger partial charge in [-0.25, -0.2) is 14.6 Å². The van der Waals surface area contributed by atoms with Crippen molar-refractivity contribution in [2.75, 3.05) is 7.11 Å². The molecule has 1 saturated carbocycles. The Kier molecular flexibility index (Phi) is 11.8. The summed E-state index contributed by atoms with van der Waals surface area (Å²) in [5.41, 5.74) is -1.56. The Morgan fingerprint density at radius 2 is 1.38 bits per heavy atom. The Labute approximate surface area is 220 Å². The van der Waals surface area contributed by atoms with Crippen LogP contribution in [0.3, 0.4) is 0 Å². The predicted octanol–water partition coefficient (Wildman–Crippen LogP) is 3.90. The molecular formula is C26H46N4O7. The van der Waals surface area contributed by atoms with Gasteiger partial charge in [-0.2, -0.15) is 0 Å². The average molecular weight is 527 g/mol. The third-order valence-corrected chi connectivity index (χ3v) is 6.03. The van der Waals surface area contributed by atoms with Gasteiger partial charge in [0, 0.05) is 18.9 Å². The highest BCUT2D eigenvalue weighted by molar-refractivity contribution is 6.01. The number of hydrogen-bond donors (Lipinski definition) is 3. The van der Waals surface area contributed by atoms with Gasteiger partial charge in [0.05, 0.1) is 19.1 Å². The van der Waals surface area contributed by atoms with Crippen molar-refractivity contribution in [1.82, 2.24) is 16.0 Å². The van der Waals surface area contributed by atoms with Crippen LogP contribution >= 0.6 is 0 Å². The second-order valence-electron chi connectivity index (χ2n) is 11.5. The van der Waals surface area contributed by atoms with Gasteiger partial charge < -0.3 is 19.5 Å². The van der Waals surface area contributed by atoms with Gasteiger partial charge in [-0.1, -0.05) is 26.7 Å². The Morgan fingerprint density at radius 3 is 1.76 bits per heavy atom. The molecule has 0 aromatic carbocycles. The molecule has 1 aliphatic carbocycles. The Bertz CT molecular complexity index is 809. The summed E-state index contributed by atoms with van der Waals surface area (Å²) in [4.78, 5) is 54.4. The van der Waals surface area contributed by atoms with Crippen LogP contribution in [0.5, 0.6) is 0 Å². The lowest BCUT2D eigenvalue weighted by molar-refractivity contribution is -0.145. The van der Waals surface area contributed by atoms with E-state index in [2.05, 4.69) is 20.9 Å². The molecule has 4 atom stereocenters. The molecule has 0 aliphatic heterocycles. The lowest BCUT2D eigenvalue weighted by Crippen LogP contribution is -2.49. The lowest BCUT2D eigenvalue weighted by atomic mass is 9.81. The molecule has 11 heteroatoms. The molecule has 0 unspecified atom stereocenters. The Balaban J connectivity index is 3.45. The zero-order chi connectivity index (χ0) is 28.6. The van der Waals surface area contributed by atoms with Crippen LogP contribution in [0.15, 0.2) is 4.99 Å². The third-order valence-electron chi connectivity index (χ3n) is 6.03. The van der Waals surface area contributed by atoms with Gasteiger partial charge in [0.25, 0.3) is 0 Å². The van der Waals surface area contributed by atoms with Gasteiger partial charge in [0.2, 0.25) is 11.9 Å². The van der Waals surface area contributed by atoms with E-state index in [0.29, 0.717) is 12.8 Å². The van der Waals surface area contributed by atoms with E-state index in [4.69, 9.17) is 14.2 Å². The second kappa shape index (κ2) is 13.6. The van der Waals surface area contributed by atoms with E-state index in [9.17, 15) is 19.2 Å². The van der Waals surface area contributed by atoms with Gasteiger partial charge in [0.1, 0.15) is 11.2 Å². The number of methoxy groups -OCH3 is 1. The second-order valence-corrected chi connectivity index (χ2v) is 11.5. The number of amides is 3. The minimum Gasteiger partial charge on any atom is -0.469 e. The fourth-order valence-electron chi connectivity index (χ4n) is 4.61. The predicted molar refractivity (Wildman–Crippen MR) is 140 cm³/mol. The van der Waals surface area contributed by atoms with Gasteiger partial charge in [-0.15, -0.1) is 0 Å². The van der Waals surface area contributed by atoms with E-state index in [1.54, 1.807) is 41.5 Å². The first-order valence-corrected chi connectivity index (χ1v) is 12.9. The number of rotatable bonds is 7. The molecule has 0 heterocycles. The topological polar surface area (TPSA) is 144 Å². The zero-order valence-corrected chi connectivity index (χ0v) is 24.0. The Hall–Kier alpha value is -2.85. The molecule has 11 nitrogen and oxygen atoms in total. The molecule has 1 rings (SSSR count). The number of esters is 1. The summed E-state index contributed by atoms with van der Waals surface area (Å²) in [7, 11) is 1.33. The molecule has 1 aliphatic rings. The van der Waals surface area contributed by atoms with Crippen molar-refractivity contribution in [3.8, 4) is 0 Å². The van der Waals surface area contributed by atoms with Crippen molar-refractivity contribution in [3.05, 3.63) is 0 Å². The number of ether oxygens (including phenoxy) is 3. The minimum atomic E-state index is -0.806. The first-order chi connectivity index (χ1) is 17.0. The van der Waals surface area contributed by atoms with Crippen LogP contribution in [0.2, 0.25) is 0 Å². The first kappa shape index (κ1) is 32.2. The number of guanidine groups is 1. The molecule has 0 saturated heterocycles. The summed E-state index contributed by atoms with van der Waals surface area (Å²) in [5, 5.41) is 8.08. The maximum Gasteiger partial charge on any atom is 0.414 e. The summed E-state index contributed by atoms with van der Waals surface area (Å²) in [6.45, 7) is 15.8. The van der Waals surface area contributed by atoms with E-state index in [1.807, 2.05) is 13.8 Å². The van der Waals surface area contributed by atoms with Crippen LogP contribution in [0, 0.1) is 17.8 Å². The van der Waals surface area contributed by atoms with Crippen LogP contribution in [0.1, 0.15) is 88.0 Å². The fourth-order valence-corrected chi connectivity index (χ4v) is 4.61. The van der Waals surface area contributed by atoms with Gasteiger partial charge in [-0.05, 0) is 60.3 Å². The van der Waals surface area contributed by atoms with E-state index in [1.165, 1.54) is 14.0 Å². The maximum absolute atomic E-state index is 12.6. The summed E-state index contributed by atoms with van der Waals surface area (Å²) in [6, 6.07) is -0.776. The molecule has 212 valence electrons. The number of aliphatic imine (C=N–C) groups is 1. The van der Waals surface area contributed by atoms with Gasteiger partial charge >= 0.3 is 18.2 Å². The van der Waals surface area contributed by atoms with Crippen molar-refractivity contribution in [2.24, 2.45) is 22.7 Å². The normalized spacial score (nSPS) is 20.5. The molecule has 1 fully saturated rings. The standard InChI is InChI=1S/C26H46N4O7/c1-11-16(12-2)20(27-15(3)31)18-13-17(21(32)35-10)14-19(18)28-22(29-23(33)36-25(4,5)6)30-24(34)37-26(7,8)9/h16-20H,11-14H2,1-10H3,(H,27,31)(H2,28,29,30,33,34)/t17-,18-,19-,20+/m1/s1. The largest absolute Gasteiger partial charge is 0.469 e. The van der Waals surface area contributed by atoms with E-state index >= 15 is 0 Å². The fraction of sp³-hybridized carbons (Fsp3) is 0.808. The van der Waals surface area contributed by atoms with Crippen LogP contribution in [0.4, 0.5) is 9.59 Å². The smallest absolute Gasteiger partial charge is 0.414 e. The number of carbonyl (C=O) groups is 4. The number of nitrogens with zero attached hydrogens (tertiary/aromatic N) is 1. The van der Waals surface area contributed by atoms with Crippen molar-refractivity contribution in [1.29, 1.82) is 0 Å². The molecule has 3 N–H and O–H groups in total. The summed E-state index contributed by atoms with van der Waals surface area (Å²) < 4.78 is 15.7. The SMILES string of the molecule is CCC(CC)[C@H](NC(C)=O)[C@@H]1C[C@@H](C(=O)OC)C[C@H]1N=C(NC(=O)OC(C)(C)C)NC(=O)OC(C)(C)C. The number of carbonyl (C=O) groups excluding carboxylic acids is 4. The third kappa shape index (κ3) is 11.4. The van der Waals surface area contributed by atoms with Gasteiger partial charge in [-0.3, -0.25) is 20.2 Å². The summed E-state index contributed by atoms with van der Waals surface area (Å²) >= 11 is 0. The van der Waals surface area contributed by atoms with E-state index in [0.717, 1.165) is 12.8 Å². The van der Waals surface area contributed by atoms with E-state index < -0.39 is 35.3 Å². The molecule has 0 spiro atoms. The van der Waals surface area contributed by atoms with Crippen LogP contribution in [-0.4, -0.2) is 60.4 Å². The Morgan fingerprint density at radius 1 is 0.892 bits per heavy atom. The zero-order valence-electron chi connectivity index (χ0n) is 24.0. The molecule has 0 aromatic rings. The highest BCUT2D eigenvalue weighted by Gasteiger charge is 2.44. The van der Waals surface area contributed by atoms with Crippen molar-refractivity contribution < 1.29 is 33.4 Å². The minimum absolute atomic E-state index is 0.143. The molecule has 0 radical (unpaired) electrons. The first-order valence-electron chi connectivity index (χ1n) is 12.9. The van der Waals surface area contributed by atoms with Crippen molar-refractivity contribution in [3.63, 3.8) is 0 Å². The van der Waals surface area contributed by atoms with Gasteiger partial charge in [0.15, 0.2) is 0 Å². The highest BCUT2D eigenvalue weighted by atomic mass is 16.6. The summed E-state index contributed by atoms with van der Waals surface area (Å²) in [6.07, 6.45) is 0.782. The van der Waals surface area contributed by atoms with Crippen LogP contribution in [0.25, 0.3) is 0 Å². The molecule has 37 heavy (non-hydrogen) atoms. The molecule has 0 bridgehead atoms. The molecule has 0 aromatic heterocycles. The maximum atomic E-state index is 12.6.